The highest BCUT2D eigenvalue weighted by molar-refractivity contribution is 9.10. The normalized spacial score (nSPS) is 12.5. The van der Waals surface area contributed by atoms with E-state index >= 15 is 0 Å². The van der Waals surface area contributed by atoms with Crippen LogP contribution in [0.25, 0.3) is 0 Å². The molecule has 2 aromatic rings. The topological polar surface area (TPSA) is 20.2 Å². The van der Waals surface area contributed by atoms with Gasteiger partial charge in [0.15, 0.2) is 0 Å². The maximum absolute atomic E-state index is 10.6. The quantitative estimate of drug-likeness (QED) is 0.846. The van der Waals surface area contributed by atoms with Gasteiger partial charge in [-0.25, -0.2) is 0 Å². The van der Waals surface area contributed by atoms with Crippen LogP contribution in [0.1, 0.15) is 39.5 Å². The van der Waals surface area contributed by atoms with Gasteiger partial charge in [0.2, 0.25) is 0 Å². The average Bonchev–Trinajstić information content (AvgIpc) is 2.33. The summed E-state index contributed by atoms with van der Waals surface area (Å²) in [6.45, 7) is 8.21. The Bertz CT molecular complexity index is 573. The Morgan fingerprint density at radius 2 is 1.21 bits per heavy atom. The molecular formula is C17H19BrO. The molecule has 0 aliphatic carbocycles. The summed E-state index contributed by atoms with van der Waals surface area (Å²) in [5.41, 5.74) is 6.57. The third-order valence-electron chi connectivity index (χ3n) is 3.33. The first-order valence-corrected chi connectivity index (χ1v) is 7.20. The van der Waals surface area contributed by atoms with Crippen molar-refractivity contribution in [1.82, 2.24) is 0 Å². The molecule has 0 amide bonds. The third kappa shape index (κ3) is 3.07. The second kappa shape index (κ2) is 5.48. The van der Waals surface area contributed by atoms with Crippen molar-refractivity contribution in [2.75, 3.05) is 0 Å². The van der Waals surface area contributed by atoms with E-state index in [9.17, 15) is 5.11 Å². The molecule has 1 unspecified atom stereocenters. The Labute approximate surface area is 123 Å². The summed E-state index contributed by atoms with van der Waals surface area (Å²) in [5, 5.41) is 10.6. The van der Waals surface area contributed by atoms with Gasteiger partial charge in [-0.05, 0) is 49.9 Å². The Hall–Kier alpha value is -1.12. The first-order chi connectivity index (χ1) is 8.88. The number of aryl methyl sites for hydroxylation is 4. The van der Waals surface area contributed by atoms with Crippen LogP contribution in [-0.4, -0.2) is 5.11 Å². The van der Waals surface area contributed by atoms with E-state index < -0.39 is 6.10 Å². The van der Waals surface area contributed by atoms with E-state index in [0.29, 0.717) is 0 Å². The Kier molecular flexibility index (Phi) is 4.12. The molecule has 2 aromatic carbocycles. The highest BCUT2D eigenvalue weighted by Gasteiger charge is 2.13. The molecule has 0 aliphatic heterocycles. The van der Waals surface area contributed by atoms with Crippen LogP contribution in [0.5, 0.6) is 0 Å². The summed E-state index contributed by atoms with van der Waals surface area (Å²) in [7, 11) is 0. The number of hydrogen-bond acceptors (Lipinski definition) is 1. The van der Waals surface area contributed by atoms with Crippen LogP contribution in [0.15, 0.2) is 34.8 Å². The fourth-order valence-electron chi connectivity index (χ4n) is 2.50. The molecule has 1 nitrogen and oxygen atoms in total. The van der Waals surface area contributed by atoms with Crippen LogP contribution in [0.4, 0.5) is 0 Å². The van der Waals surface area contributed by atoms with E-state index in [1.807, 2.05) is 24.3 Å². The zero-order valence-corrected chi connectivity index (χ0v) is 13.4. The van der Waals surface area contributed by atoms with Gasteiger partial charge in [0.25, 0.3) is 0 Å². The van der Waals surface area contributed by atoms with Crippen LogP contribution < -0.4 is 0 Å². The summed E-state index contributed by atoms with van der Waals surface area (Å²) in [6.07, 6.45) is -0.566. The molecule has 0 saturated heterocycles. The number of rotatable bonds is 2. The van der Waals surface area contributed by atoms with Gasteiger partial charge < -0.3 is 5.11 Å². The minimum absolute atomic E-state index is 0.566. The fraction of sp³-hybridized carbons (Fsp3) is 0.294. The Morgan fingerprint density at radius 1 is 0.789 bits per heavy atom. The van der Waals surface area contributed by atoms with Crippen molar-refractivity contribution in [3.63, 3.8) is 0 Å². The molecule has 1 N–H and O–H groups in total. The van der Waals surface area contributed by atoms with E-state index in [-0.39, 0.29) is 0 Å². The number of halogens is 1. The van der Waals surface area contributed by atoms with Crippen molar-refractivity contribution in [3.8, 4) is 0 Å². The van der Waals surface area contributed by atoms with Gasteiger partial charge in [0, 0.05) is 4.47 Å². The van der Waals surface area contributed by atoms with E-state index in [4.69, 9.17) is 0 Å². The summed E-state index contributed by atoms with van der Waals surface area (Å²) < 4.78 is 1.11. The van der Waals surface area contributed by atoms with E-state index in [2.05, 4.69) is 49.7 Å². The molecular weight excluding hydrogens is 300 g/mol. The Balaban J connectivity index is 2.46. The molecule has 0 saturated carbocycles. The highest BCUT2D eigenvalue weighted by atomic mass is 79.9. The molecule has 1 atom stereocenters. The summed E-state index contributed by atoms with van der Waals surface area (Å²) >= 11 is 3.56. The van der Waals surface area contributed by atoms with Crippen LogP contribution >= 0.6 is 15.9 Å². The largest absolute Gasteiger partial charge is 0.384 e. The molecule has 2 rings (SSSR count). The Morgan fingerprint density at radius 3 is 1.68 bits per heavy atom. The molecule has 2 heteroatoms. The highest BCUT2D eigenvalue weighted by Crippen LogP contribution is 2.29. The lowest BCUT2D eigenvalue weighted by atomic mass is 9.96. The maximum Gasteiger partial charge on any atom is 0.104 e. The van der Waals surface area contributed by atoms with Gasteiger partial charge in [0.05, 0.1) is 0 Å². The van der Waals surface area contributed by atoms with Gasteiger partial charge in [-0.3, -0.25) is 0 Å². The van der Waals surface area contributed by atoms with Crippen LogP contribution in [0.3, 0.4) is 0 Å². The van der Waals surface area contributed by atoms with E-state index in [0.717, 1.165) is 26.7 Å². The zero-order chi connectivity index (χ0) is 14.2. The number of hydrogen-bond donors (Lipinski definition) is 1. The zero-order valence-electron chi connectivity index (χ0n) is 11.8. The minimum Gasteiger partial charge on any atom is -0.384 e. The molecule has 0 radical (unpaired) electrons. The summed E-state index contributed by atoms with van der Waals surface area (Å²) in [6, 6.07) is 10.3. The summed E-state index contributed by atoms with van der Waals surface area (Å²) in [5.74, 6) is 0. The molecule has 100 valence electrons. The number of benzene rings is 2. The van der Waals surface area contributed by atoms with Gasteiger partial charge >= 0.3 is 0 Å². The van der Waals surface area contributed by atoms with Gasteiger partial charge in [0.1, 0.15) is 6.10 Å². The number of aliphatic hydroxyl groups is 1. The molecule has 0 bridgehead atoms. The monoisotopic (exact) mass is 318 g/mol. The van der Waals surface area contributed by atoms with Gasteiger partial charge in [-0.2, -0.15) is 0 Å². The molecule has 0 aromatic heterocycles. The average molecular weight is 319 g/mol. The standard InChI is InChI=1S/C17H19BrO/c1-10-5-11(2)7-14(6-10)17(19)15-8-12(3)16(18)13(4)9-15/h5-9,17,19H,1-4H3. The lowest BCUT2D eigenvalue weighted by Gasteiger charge is -2.16. The van der Waals surface area contributed by atoms with Crippen LogP contribution in [0.2, 0.25) is 0 Å². The summed E-state index contributed by atoms with van der Waals surface area (Å²) in [4.78, 5) is 0. The van der Waals surface area contributed by atoms with Crippen molar-refractivity contribution in [2.24, 2.45) is 0 Å². The van der Waals surface area contributed by atoms with E-state index in [1.54, 1.807) is 0 Å². The predicted octanol–water partition coefficient (Wildman–Crippen LogP) is 4.76. The first kappa shape index (κ1) is 14.3. The van der Waals surface area contributed by atoms with Gasteiger partial charge in [-0.1, -0.05) is 57.4 Å². The third-order valence-corrected chi connectivity index (χ3v) is 4.59. The van der Waals surface area contributed by atoms with Crippen molar-refractivity contribution in [1.29, 1.82) is 0 Å². The maximum atomic E-state index is 10.6. The van der Waals surface area contributed by atoms with E-state index in [1.165, 1.54) is 11.1 Å². The van der Waals surface area contributed by atoms with Crippen LogP contribution in [-0.2, 0) is 0 Å². The lowest BCUT2D eigenvalue weighted by Crippen LogP contribution is -2.02. The van der Waals surface area contributed by atoms with Gasteiger partial charge in [-0.15, -0.1) is 0 Å². The van der Waals surface area contributed by atoms with Crippen molar-refractivity contribution in [3.05, 3.63) is 68.2 Å². The molecule has 19 heavy (non-hydrogen) atoms. The minimum atomic E-state index is -0.566. The SMILES string of the molecule is Cc1cc(C)cc(C(O)c2cc(C)c(Br)c(C)c2)c1. The lowest BCUT2D eigenvalue weighted by molar-refractivity contribution is 0.220. The van der Waals surface area contributed by atoms with Crippen molar-refractivity contribution >= 4 is 15.9 Å². The molecule has 0 aliphatic rings. The second-order valence-corrected chi connectivity index (χ2v) is 6.09. The van der Waals surface area contributed by atoms with Crippen molar-refractivity contribution < 1.29 is 5.11 Å². The number of aliphatic hydroxyl groups excluding tert-OH is 1. The first-order valence-electron chi connectivity index (χ1n) is 6.41. The second-order valence-electron chi connectivity index (χ2n) is 5.29. The van der Waals surface area contributed by atoms with Crippen molar-refractivity contribution in [2.45, 2.75) is 33.8 Å². The predicted molar refractivity (Wildman–Crippen MR) is 83.6 cm³/mol. The smallest absolute Gasteiger partial charge is 0.104 e. The molecule has 0 heterocycles. The molecule has 0 fully saturated rings. The van der Waals surface area contributed by atoms with Crippen LogP contribution in [0, 0.1) is 27.7 Å². The fourth-order valence-corrected chi connectivity index (χ4v) is 2.73. The molecule has 0 spiro atoms.